The van der Waals surface area contributed by atoms with Gasteiger partial charge in [-0.15, -0.1) is 0 Å². The molecule has 1 aliphatic rings. The van der Waals surface area contributed by atoms with E-state index in [0.717, 1.165) is 5.92 Å². The van der Waals surface area contributed by atoms with Crippen molar-refractivity contribution in [3.05, 3.63) is 35.7 Å². The Hall–Kier alpha value is -0.890. The summed E-state index contributed by atoms with van der Waals surface area (Å²) in [5, 5.41) is 3.65. The zero-order valence-corrected chi connectivity index (χ0v) is 16.0. The first kappa shape index (κ1) is 20.2. The Morgan fingerprint density at radius 2 is 1.96 bits per heavy atom. The first-order valence-electron chi connectivity index (χ1n) is 9.25. The van der Waals surface area contributed by atoms with Gasteiger partial charge >= 0.3 is 0 Å². The number of unbranched alkanes of at least 4 members (excludes halogenated alkanes) is 1. The Morgan fingerprint density at radius 3 is 2.61 bits per heavy atom. The molecule has 1 N–H and O–H groups in total. The highest BCUT2D eigenvalue weighted by atomic mass is 19.1. The van der Waals surface area contributed by atoms with E-state index in [1.54, 1.807) is 0 Å². The van der Waals surface area contributed by atoms with Crippen LogP contribution in [0.5, 0.6) is 0 Å². The molecule has 1 nitrogen and oxygen atoms in total. The van der Waals surface area contributed by atoms with Gasteiger partial charge in [0.2, 0.25) is 0 Å². The van der Waals surface area contributed by atoms with Crippen LogP contribution in [0.25, 0.3) is 0 Å². The van der Waals surface area contributed by atoms with Crippen LogP contribution in [0.15, 0.2) is 35.7 Å². The number of nitrogens with one attached hydrogen (secondary N) is 1. The quantitative estimate of drug-likeness (QED) is 0.489. The molecule has 0 saturated heterocycles. The largest absolute Gasteiger partial charge is 0.304 e. The van der Waals surface area contributed by atoms with Crippen molar-refractivity contribution in [3.63, 3.8) is 0 Å². The summed E-state index contributed by atoms with van der Waals surface area (Å²) in [5.41, 5.74) is 0.953. The second-order valence-electron chi connectivity index (χ2n) is 7.91. The van der Waals surface area contributed by atoms with E-state index in [2.05, 4.69) is 39.9 Å². The molecule has 0 aliphatic heterocycles. The van der Waals surface area contributed by atoms with Crippen molar-refractivity contribution in [1.29, 1.82) is 0 Å². The van der Waals surface area contributed by atoms with Crippen LogP contribution in [0, 0.1) is 11.3 Å². The molecule has 0 spiro atoms. The fourth-order valence-corrected chi connectivity index (χ4v) is 2.91. The summed E-state index contributed by atoms with van der Waals surface area (Å²) in [6.45, 7) is 13.4. The topological polar surface area (TPSA) is 12.0 Å². The molecule has 0 heterocycles. The van der Waals surface area contributed by atoms with Gasteiger partial charge in [-0.25, -0.2) is 4.39 Å². The highest BCUT2D eigenvalue weighted by molar-refractivity contribution is 5.33. The molecule has 1 rings (SSSR count). The Bertz CT molecular complexity index is 445. The molecule has 132 valence electrons. The molecule has 0 aromatic carbocycles. The summed E-state index contributed by atoms with van der Waals surface area (Å²) >= 11 is 0. The van der Waals surface area contributed by atoms with Gasteiger partial charge in [0.15, 0.2) is 0 Å². The maximum atomic E-state index is 13.6. The van der Waals surface area contributed by atoms with E-state index in [1.807, 2.05) is 25.2 Å². The highest BCUT2D eigenvalue weighted by Crippen LogP contribution is 2.29. The lowest BCUT2D eigenvalue weighted by molar-refractivity contribution is 0.225. The molecule has 0 bridgehead atoms. The second-order valence-corrected chi connectivity index (χ2v) is 7.91. The molecule has 0 radical (unpaired) electrons. The van der Waals surface area contributed by atoms with Gasteiger partial charge in [0.25, 0.3) is 0 Å². The van der Waals surface area contributed by atoms with E-state index >= 15 is 0 Å². The maximum absolute atomic E-state index is 13.6. The average molecular weight is 322 g/mol. The monoisotopic (exact) mass is 321 g/mol. The van der Waals surface area contributed by atoms with Crippen molar-refractivity contribution in [3.8, 4) is 0 Å². The second kappa shape index (κ2) is 9.42. The third kappa shape index (κ3) is 7.03. The minimum absolute atomic E-state index is 0.105. The number of rotatable bonds is 9. The van der Waals surface area contributed by atoms with Crippen molar-refractivity contribution < 1.29 is 4.39 Å². The van der Waals surface area contributed by atoms with Gasteiger partial charge in [-0.05, 0) is 43.3 Å². The molecule has 3 unspecified atom stereocenters. The smallest absolute Gasteiger partial charge is 0.125 e. The summed E-state index contributed by atoms with van der Waals surface area (Å²) in [4.78, 5) is 0. The Morgan fingerprint density at radius 1 is 1.26 bits per heavy atom. The van der Waals surface area contributed by atoms with E-state index < -0.39 is 0 Å². The van der Waals surface area contributed by atoms with Crippen molar-refractivity contribution in [2.75, 3.05) is 0 Å². The lowest BCUT2D eigenvalue weighted by Crippen LogP contribution is -2.43. The Labute approximate surface area is 143 Å². The summed E-state index contributed by atoms with van der Waals surface area (Å²) in [6, 6.07) is 0.486. The fourth-order valence-electron chi connectivity index (χ4n) is 2.91. The van der Waals surface area contributed by atoms with Crippen LogP contribution >= 0.6 is 0 Å². The molecule has 3 atom stereocenters. The molecule has 1 aliphatic carbocycles. The highest BCUT2D eigenvalue weighted by Gasteiger charge is 2.26. The summed E-state index contributed by atoms with van der Waals surface area (Å²) in [7, 11) is 0. The predicted molar refractivity (Wildman–Crippen MR) is 100 cm³/mol. The third-order valence-corrected chi connectivity index (χ3v) is 5.45. The normalized spacial score (nSPS) is 21.4. The van der Waals surface area contributed by atoms with Crippen molar-refractivity contribution in [1.82, 2.24) is 5.32 Å². The zero-order chi connectivity index (χ0) is 17.5. The van der Waals surface area contributed by atoms with E-state index in [4.69, 9.17) is 0 Å². The van der Waals surface area contributed by atoms with Gasteiger partial charge in [-0.3, -0.25) is 0 Å². The molecule has 0 aromatic heterocycles. The van der Waals surface area contributed by atoms with Crippen LogP contribution < -0.4 is 5.32 Å². The van der Waals surface area contributed by atoms with Gasteiger partial charge in [0, 0.05) is 12.1 Å². The van der Waals surface area contributed by atoms with Crippen LogP contribution in [0.4, 0.5) is 4.39 Å². The number of allylic oxidation sites excluding steroid dienone is 4. The van der Waals surface area contributed by atoms with Crippen molar-refractivity contribution in [2.24, 2.45) is 11.3 Å². The van der Waals surface area contributed by atoms with Crippen molar-refractivity contribution in [2.45, 2.75) is 85.7 Å². The van der Waals surface area contributed by atoms with Gasteiger partial charge in [0.1, 0.15) is 5.83 Å². The van der Waals surface area contributed by atoms with E-state index in [9.17, 15) is 4.39 Å². The molecule has 23 heavy (non-hydrogen) atoms. The van der Waals surface area contributed by atoms with E-state index in [-0.39, 0.29) is 17.3 Å². The van der Waals surface area contributed by atoms with Crippen LogP contribution in [0.3, 0.4) is 0 Å². The predicted octanol–water partition coefficient (Wildman–Crippen LogP) is 6.34. The number of halogens is 1. The van der Waals surface area contributed by atoms with Crippen LogP contribution in [-0.2, 0) is 0 Å². The van der Waals surface area contributed by atoms with Gasteiger partial charge in [0.05, 0.1) is 0 Å². The SMILES string of the molecule is CCC(C)CCCCC(C)(C)C(C)NC1C=CC=C(F)C(C)=C1. The minimum Gasteiger partial charge on any atom is -0.304 e. The summed E-state index contributed by atoms with van der Waals surface area (Å²) in [6.07, 6.45) is 13.8. The van der Waals surface area contributed by atoms with Crippen LogP contribution in [0.2, 0.25) is 0 Å². The van der Waals surface area contributed by atoms with Crippen molar-refractivity contribution >= 4 is 0 Å². The lowest BCUT2D eigenvalue weighted by atomic mass is 9.79. The van der Waals surface area contributed by atoms with Gasteiger partial charge < -0.3 is 5.32 Å². The van der Waals surface area contributed by atoms with E-state index in [0.29, 0.717) is 11.6 Å². The first-order chi connectivity index (χ1) is 10.8. The average Bonchev–Trinajstić information content (AvgIpc) is 2.65. The molecular weight excluding hydrogens is 285 g/mol. The third-order valence-electron chi connectivity index (χ3n) is 5.45. The molecule has 2 heteroatoms. The Kier molecular flexibility index (Phi) is 8.25. The van der Waals surface area contributed by atoms with Crippen LogP contribution in [0.1, 0.15) is 73.6 Å². The molecule has 0 saturated carbocycles. The molecule has 0 amide bonds. The molecule has 0 fully saturated rings. The van der Waals surface area contributed by atoms with Gasteiger partial charge in [-0.1, -0.05) is 71.6 Å². The van der Waals surface area contributed by atoms with Crippen LogP contribution in [-0.4, -0.2) is 12.1 Å². The summed E-state index contributed by atoms with van der Waals surface area (Å²) < 4.78 is 13.6. The minimum atomic E-state index is -0.137. The maximum Gasteiger partial charge on any atom is 0.125 e. The fraction of sp³-hybridized carbons (Fsp3) is 0.714. The zero-order valence-electron chi connectivity index (χ0n) is 16.0. The first-order valence-corrected chi connectivity index (χ1v) is 9.25. The standard InChI is InChI=1S/C21H36FN/c1-7-16(2)11-8-9-14-21(5,6)18(4)23-19-12-10-13-20(22)17(3)15-19/h10,12-13,15-16,18-19,23H,7-9,11,14H2,1-6H3. The van der Waals surface area contributed by atoms with Gasteiger partial charge in [-0.2, -0.15) is 0 Å². The molecule has 0 aromatic rings. The number of hydrogen-bond donors (Lipinski definition) is 1. The number of hydrogen-bond acceptors (Lipinski definition) is 1. The Balaban J connectivity index is 2.47. The lowest BCUT2D eigenvalue weighted by Gasteiger charge is -2.34. The molecular formula is C21H36FN. The summed E-state index contributed by atoms with van der Waals surface area (Å²) in [5.74, 6) is 0.711. The van der Waals surface area contributed by atoms with E-state index in [1.165, 1.54) is 38.2 Å².